The van der Waals surface area contributed by atoms with Crippen molar-refractivity contribution in [1.29, 1.82) is 0 Å². The van der Waals surface area contributed by atoms with Crippen LogP contribution in [0.2, 0.25) is 0 Å². The quantitative estimate of drug-likeness (QED) is 0.110. The molecule has 0 saturated carbocycles. The fourth-order valence-electron chi connectivity index (χ4n) is 4.26. The number of nitrogens with zero attached hydrogens (tertiary/aromatic N) is 2. The Morgan fingerprint density at radius 3 is 1.43 bits per heavy atom. The van der Waals surface area contributed by atoms with Crippen LogP contribution in [0.15, 0.2) is 95.2 Å². The van der Waals surface area contributed by atoms with Gasteiger partial charge in [-0.3, -0.25) is 40.9 Å². The molecule has 12 nitrogen and oxygen atoms in total. The second kappa shape index (κ2) is 12.9. The number of amides is 4. The highest BCUT2D eigenvalue weighted by molar-refractivity contribution is 8.00. The molecule has 6 rings (SSSR count). The monoisotopic (exact) mass is 624 g/mol. The zero-order valence-corrected chi connectivity index (χ0v) is 24.5. The number of carbonyl (C=O) groups is 4. The van der Waals surface area contributed by atoms with E-state index in [1.165, 1.54) is 23.5 Å². The summed E-state index contributed by atoms with van der Waals surface area (Å²) in [7, 11) is 0. The van der Waals surface area contributed by atoms with Gasteiger partial charge in [-0.05, 0) is 59.3 Å². The van der Waals surface area contributed by atoms with Crippen molar-refractivity contribution >= 4 is 80.0 Å². The molecule has 2 heterocycles. The van der Waals surface area contributed by atoms with Crippen molar-refractivity contribution in [1.82, 2.24) is 41.6 Å². The fourth-order valence-corrected chi connectivity index (χ4v) is 5.63. The van der Waals surface area contributed by atoms with Crippen LogP contribution in [-0.4, -0.2) is 55.1 Å². The number of fused-ring (bicyclic) bond motifs is 3. The van der Waals surface area contributed by atoms with E-state index in [1.54, 1.807) is 36.4 Å². The molecule has 0 aliphatic rings. The Hall–Kier alpha value is -5.34. The first-order valence-corrected chi connectivity index (χ1v) is 15.3. The molecule has 4 amide bonds. The molecule has 0 atom stereocenters. The highest BCUT2D eigenvalue weighted by Gasteiger charge is 2.13. The molecule has 0 bridgehead atoms. The summed E-state index contributed by atoms with van der Waals surface area (Å²) in [6.07, 6.45) is 0. The number of aromatic nitrogens is 4. The number of aromatic amines is 2. The molecule has 0 unspecified atom stereocenters. The molecule has 4 aromatic carbocycles. The molecule has 2 aromatic heterocycles. The van der Waals surface area contributed by atoms with Gasteiger partial charge >= 0.3 is 0 Å². The van der Waals surface area contributed by atoms with Crippen LogP contribution in [0, 0.1) is 0 Å². The number of hydrogen-bond donors (Lipinski definition) is 6. The number of imidazole rings is 2. The standard InChI is InChI=1S/C30H24N8O4S2/c39-25(15-43-29-31-21-5-1-2-6-22(21)32-29)35-37-27(41)19-11-9-18-14-20(12-10-17(18)13-19)28(42)38-36-26(40)16-44-30-33-23-7-3-4-8-24(23)34-30/h1-14H,15-16H2,(H,31,32)(H,33,34)(H,35,39)(H,36,40)(H,37,41)(H,38,42). The molecule has 220 valence electrons. The second-order valence-electron chi connectivity index (χ2n) is 9.48. The summed E-state index contributed by atoms with van der Waals surface area (Å²) >= 11 is 2.45. The highest BCUT2D eigenvalue weighted by atomic mass is 32.2. The van der Waals surface area contributed by atoms with Crippen LogP contribution < -0.4 is 21.7 Å². The van der Waals surface area contributed by atoms with Gasteiger partial charge in [0.05, 0.1) is 33.6 Å². The third-order valence-electron chi connectivity index (χ3n) is 6.41. The van der Waals surface area contributed by atoms with Crippen molar-refractivity contribution in [2.45, 2.75) is 10.3 Å². The largest absolute Gasteiger partial charge is 0.333 e. The molecule has 0 fully saturated rings. The van der Waals surface area contributed by atoms with Gasteiger partial charge in [0.2, 0.25) is 11.8 Å². The second-order valence-corrected chi connectivity index (χ2v) is 11.4. The summed E-state index contributed by atoms with van der Waals surface area (Å²) < 4.78 is 0. The summed E-state index contributed by atoms with van der Waals surface area (Å²) in [4.78, 5) is 64.9. The van der Waals surface area contributed by atoms with E-state index in [0.717, 1.165) is 22.1 Å². The van der Waals surface area contributed by atoms with E-state index >= 15 is 0 Å². The first kappa shape index (κ1) is 28.8. The molecular formula is C30H24N8O4S2. The molecule has 0 spiro atoms. The number of carbonyl (C=O) groups excluding carboxylic acids is 4. The number of hydrazine groups is 2. The summed E-state index contributed by atoms with van der Waals surface area (Å²) in [6.45, 7) is 0. The third-order valence-corrected chi connectivity index (χ3v) is 8.16. The fraction of sp³-hybridized carbons (Fsp3) is 0.0667. The zero-order valence-electron chi connectivity index (χ0n) is 22.8. The maximum absolute atomic E-state index is 12.6. The number of rotatable bonds is 8. The van der Waals surface area contributed by atoms with E-state index in [0.29, 0.717) is 32.2 Å². The van der Waals surface area contributed by atoms with Crippen LogP contribution in [0.4, 0.5) is 0 Å². The van der Waals surface area contributed by atoms with Crippen molar-refractivity contribution in [3.8, 4) is 0 Å². The molecule has 0 aliphatic heterocycles. The molecule has 0 saturated heterocycles. The average molecular weight is 625 g/mol. The lowest BCUT2D eigenvalue weighted by Gasteiger charge is -2.09. The minimum absolute atomic E-state index is 0.0588. The van der Waals surface area contributed by atoms with Crippen molar-refractivity contribution in [2.24, 2.45) is 0 Å². The van der Waals surface area contributed by atoms with E-state index in [9.17, 15) is 19.2 Å². The minimum atomic E-state index is -0.487. The molecule has 6 aromatic rings. The van der Waals surface area contributed by atoms with Crippen LogP contribution in [0.25, 0.3) is 32.8 Å². The van der Waals surface area contributed by atoms with Crippen LogP contribution in [0.3, 0.4) is 0 Å². The summed E-state index contributed by atoms with van der Waals surface area (Å²) in [5.41, 5.74) is 13.7. The Kier molecular flexibility index (Phi) is 8.43. The number of para-hydroxylation sites is 4. The summed E-state index contributed by atoms with van der Waals surface area (Å²) in [5.74, 6) is -1.63. The smallest absolute Gasteiger partial charge is 0.269 e. The number of hydrogen-bond acceptors (Lipinski definition) is 8. The highest BCUT2D eigenvalue weighted by Crippen LogP contribution is 2.21. The van der Waals surface area contributed by atoms with Crippen LogP contribution in [0.1, 0.15) is 20.7 Å². The van der Waals surface area contributed by atoms with E-state index in [-0.39, 0.29) is 23.3 Å². The third kappa shape index (κ3) is 6.82. The number of H-pyrrole nitrogens is 2. The number of nitrogens with one attached hydrogen (secondary N) is 6. The minimum Gasteiger partial charge on any atom is -0.333 e. The van der Waals surface area contributed by atoms with E-state index in [2.05, 4.69) is 41.6 Å². The summed E-state index contributed by atoms with van der Waals surface area (Å²) in [6, 6.07) is 25.0. The Bertz CT molecular complexity index is 1830. The Morgan fingerprint density at radius 1 is 0.568 bits per heavy atom. The van der Waals surface area contributed by atoms with Gasteiger partial charge in [-0.2, -0.15) is 0 Å². The Labute approximate surface area is 258 Å². The predicted molar refractivity (Wildman–Crippen MR) is 169 cm³/mol. The van der Waals surface area contributed by atoms with Gasteiger partial charge in [0.1, 0.15) is 0 Å². The van der Waals surface area contributed by atoms with Gasteiger partial charge in [-0.1, -0.05) is 59.9 Å². The molecule has 44 heavy (non-hydrogen) atoms. The lowest BCUT2D eigenvalue weighted by atomic mass is 10.0. The van der Waals surface area contributed by atoms with Crippen molar-refractivity contribution in [3.05, 3.63) is 96.1 Å². The first-order valence-electron chi connectivity index (χ1n) is 13.3. The number of benzene rings is 4. The topological polar surface area (TPSA) is 174 Å². The van der Waals surface area contributed by atoms with Gasteiger partial charge in [0.25, 0.3) is 11.8 Å². The predicted octanol–water partition coefficient (Wildman–Crippen LogP) is 3.70. The maximum Gasteiger partial charge on any atom is 0.269 e. The van der Waals surface area contributed by atoms with Crippen molar-refractivity contribution < 1.29 is 19.2 Å². The van der Waals surface area contributed by atoms with Crippen LogP contribution >= 0.6 is 23.5 Å². The normalized spacial score (nSPS) is 11.0. The van der Waals surface area contributed by atoms with Gasteiger partial charge < -0.3 is 9.97 Å². The number of thioether (sulfide) groups is 2. The lowest BCUT2D eigenvalue weighted by molar-refractivity contribution is -0.120. The van der Waals surface area contributed by atoms with Crippen LogP contribution in [-0.2, 0) is 9.59 Å². The molecule has 0 radical (unpaired) electrons. The summed E-state index contributed by atoms with van der Waals surface area (Å²) in [5, 5.41) is 2.64. The molecular weight excluding hydrogens is 601 g/mol. The first-order chi connectivity index (χ1) is 21.4. The molecule has 6 N–H and O–H groups in total. The average Bonchev–Trinajstić information content (AvgIpc) is 3.67. The van der Waals surface area contributed by atoms with Gasteiger partial charge in [0.15, 0.2) is 10.3 Å². The van der Waals surface area contributed by atoms with Crippen LogP contribution in [0.5, 0.6) is 0 Å². The SMILES string of the molecule is O=C(CSc1nc2ccccc2[nH]1)NNC(=O)c1ccc2cc(C(=O)NNC(=O)CSc3nc4ccccc4[nH]3)ccc2c1. The van der Waals surface area contributed by atoms with E-state index in [4.69, 9.17) is 0 Å². The lowest BCUT2D eigenvalue weighted by Crippen LogP contribution is -2.42. The maximum atomic E-state index is 12.6. The van der Waals surface area contributed by atoms with Gasteiger partial charge in [0, 0.05) is 11.1 Å². The van der Waals surface area contributed by atoms with Crippen molar-refractivity contribution in [2.75, 3.05) is 11.5 Å². The van der Waals surface area contributed by atoms with Crippen molar-refractivity contribution in [3.63, 3.8) is 0 Å². The van der Waals surface area contributed by atoms with Gasteiger partial charge in [-0.15, -0.1) is 0 Å². The Balaban J connectivity index is 0.967. The van der Waals surface area contributed by atoms with E-state index < -0.39 is 11.8 Å². The Morgan fingerprint density at radius 2 is 1.00 bits per heavy atom. The molecule has 0 aliphatic carbocycles. The van der Waals surface area contributed by atoms with E-state index in [1.807, 2.05) is 48.5 Å². The van der Waals surface area contributed by atoms with Gasteiger partial charge in [-0.25, -0.2) is 9.97 Å². The molecule has 14 heteroatoms. The zero-order chi connectivity index (χ0) is 30.5.